The Labute approximate surface area is 126 Å². The van der Waals surface area contributed by atoms with Crippen molar-refractivity contribution in [2.75, 3.05) is 13.1 Å². The minimum absolute atomic E-state index is 0.0196. The topological polar surface area (TPSA) is 89.4 Å². The van der Waals surface area contributed by atoms with Gasteiger partial charge in [0.15, 0.2) is 5.78 Å². The number of nitrogens with two attached hydrogens (primary N) is 2. The molecule has 0 radical (unpaired) electrons. The Morgan fingerprint density at radius 2 is 2.10 bits per heavy atom. The summed E-state index contributed by atoms with van der Waals surface area (Å²) in [6.45, 7) is 3.11. The Bertz CT molecular complexity index is 336. The summed E-state index contributed by atoms with van der Waals surface area (Å²) in [5.74, 6) is -0.201. The Hall–Kier alpha value is -0.590. The van der Waals surface area contributed by atoms with Crippen LogP contribution in [0.1, 0.15) is 45.4 Å². The number of ketones is 1. The van der Waals surface area contributed by atoms with Gasteiger partial charge in [-0.15, -0.1) is 0 Å². The van der Waals surface area contributed by atoms with Crippen LogP contribution in [0.25, 0.3) is 0 Å². The number of unbranched alkanes of at least 4 members (excludes halogenated alkanes) is 1. The predicted molar refractivity (Wildman–Crippen MR) is 83.4 cm³/mol. The summed E-state index contributed by atoms with van der Waals surface area (Å²) in [4.78, 5) is 26.3. The highest BCUT2D eigenvalue weighted by atomic mass is 32.1. The van der Waals surface area contributed by atoms with Gasteiger partial charge in [0.25, 0.3) is 0 Å². The van der Waals surface area contributed by atoms with Gasteiger partial charge in [0.05, 0.1) is 17.3 Å². The third-order valence-electron chi connectivity index (χ3n) is 3.95. The largest absolute Gasteiger partial charge is 0.332 e. The van der Waals surface area contributed by atoms with E-state index in [4.69, 9.17) is 11.5 Å². The van der Waals surface area contributed by atoms with E-state index >= 15 is 0 Å². The van der Waals surface area contributed by atoms with Crippen molar-refractivity contribution >= 4 is 24.3 Å². The monoisotopic (exact) mass is 301 g/mol. The average molecular weight is 301 g/mol. The molecule has 1 fully saturated rings. The molecule has 1 amide bonds. The van der Waals surface area contributed by atoms with Crippen molar-refractivity contribution in [1.82, 2.24) is 4.90 Å². The quantitative estimate of drug-likeness (QED) is 0.353. The van der Waals surface area contributed by atoms with Crippen LogP contribution in [0.2, 0.25) is 0 Å². The summed E-state index contributed by atoms with van der Waals surface area (Å²) in [7, 11) is 0. The molecule has 3 atom stereocenters. The third-order valence-corrected chi connectivity index (χ3v) is 4.31. The molecule has 1 rings (SSSR count). The van der Waals surface area contributed by atoms with Crippen LogP contribution in [0.4, 0.5) is 0 Å². The van der Waals surface area contributed by atoms with E-state index in [9.17, 15) is 9.59 Å². The fourth-order valence-electron chi connectivity index (χ4n) is 2.76. The Balaban J connectivity index is 2.70. The summed E-state index contributed by atoms with van der Waals surface area (Å²) >= 11 is 4.25. The number of nitrogens with zero attached hydrogens (tertiary/aromatic N) is 1. The lowest BCUT2D eigenvalue weighted by Crippen LogP contribution is -2.47. The first-order chi connectivity index (χ1) is 9.52. The molecule has 1 saturated heterocycles. The lowest BCUT2D eigenvalue weighted by Gasteiger charge is -2.29. The number of carbonyl (C=O) groups excluding carboxylic acids is 2. The summed E-state index contributed by atoms with van der Waals surface area (Å²) < 4.78 is 0. The smallest absolute Gasteiger partial charge is 0.228 e. The van der Waals surface area contributed by atoms with Gasteiger partial charge in [0.2, 0.25) is 5.91 Å². The maximum Gasteiger partial charge on any atom is 0.228 e. The molecule has 0 aromatic carbocycles. The summed E-state index contributed by atoms with van der Waals surface area (Å²) in [5, 5.41) is -0.488. The highest BCUT2D eigenvalue weighted by Crippen LogP contribution is 2.25. The van der Waals surface area contributed by atoms with E-state index < -0.39 is 5.37 Å². The van der Waals surface area contributed by atoms with Crippen LogP contribution in [0.5, 0.6) is 0 Å². The Morgan fingerprint density at radius 1 is 1.40 bits per heavy atom. The normalized spacial score (nSPS) is 21.8. The first kappa shape index (κ1) is 17.5. The van der Waals surface area contributed by atoms with E-state index in [1.165, 1.54) is 0 Å². The molecular formula is C14H27N3O2S. The molecule has 0 spiro atoms. The van der Waals surface area contributed by atoms with E-state index in [1.54, 1.807) is 4.90 Å². The molecular weight excluding hydrogens is 274 g/mol. The van der Waals surface area contributed by atoms with Gasteiger partial charge in [-0.1, -0.05) is 13.3 Å². The van der Waals surface area contributed by atoms with Crippen LogP contribution in [-0.2, 0) is 9.59 Å². The van der Waals surface area contributed by atoms with Gasteiger partial charge in [0.1, 0.15) is 0 Å². The molecule has 1 heterocycles. The predicted octanol–water partition coefficient (Wildman–Crippen LogP) is 0.916. The molecule has 6 heteroatoms. The second-order valence-electron chi connectivity index (χ2n) is 5.39. The highest BCUT2D eigenvalue weighted by molar-refractivity contribution is 7.80. The molecule has 0 saturated carbocycles. The van der Waals surface area contributed by atoms with E-state index in [1.807, 2.05) is 6.92 Å². The molecule has 0 bridgehead atoms. The third kappa shape index (κ3) is 4.46. The fraction of sp³-hybridized carbons (Fsp3) is 0.857. The second-order valence-corrected chi connectivity index (χ2v) is 5.99. The molecule has 1 unspecified atom stereocenters. The van der Waals surface area contributed by atoms with Crippen molar-refractivity contribution in [3.8, 4) is 0 Å². The minimum Gasteiger partial charge on any atom is -0.332 e. The van der Waals surface area contributed by atoms with Crippen LogP contribution < -0.4 is 11.5 Å². The van der Waals surface area contributed by atoms with Gasteiger partial charge in [0, 0.05) is 13.0 Å². The zero-order chi connectivity index (χ0) is 15.1. The molecule has 4 N–H and O–H groups in total. The maximum atomic E-state index is 12.6. The summed E-state index contributed by atoms with van der Waals surface area (Å²) in [6.07, 6.45) is 4.56. The molecule has 1 aliphatic rings. The van der Waals surface area contributed by atoms with Crippen molar-refractivity contribution in [3.63, 3.8) is 0 Å². The lowest BCUT2D eigenvalue weighted by atomic mass is 9.98. The van der Waals surface area contributed by atoms with Crippen molar-refractivity contribution in [2.24, 2.45) is 17.4 Å². The average Bonchev–Trinajstić information content (AvgIpc) is 2.91. The van der Waals surface area contributed by atoms with Crippen LogP contribution in [-0.4, -0.2) is 41.1 Å². The molecule has 5 nitrogen and oxygen atoms in total. The summed E-state index contributed by atoms with van der Waals surface area (Å²) in [5.41, 5.74) is 11.3. The number of hydrogen-bond acceptors (Lipinski definition) is 5. The van der Waals surface area contributed by atoms with Crippen LogP contribution in [0, 0.1) is 5.92 Å². The summed E-state index contributed by atoms with van der Waals surface area (Å²) in [6, 6.07) is -0.253. The van der Waals surface area contributed by atoms with Gasteiger partial charge in [-0.05, 0) is 32.2 Å². The number of hydrogen-bond donors (Lipinski definition) is 3. The molecule has 0 aromatic rings. The number of Topliss-reactive ketones (excluding diaryl/α,β-unsaturated/α-hetero) is 1. The maximum absolute atomic E-state index is 12.6. The van der Waals surface area contributed by atoms with Crippen LogP contribution >= 0.6 is 12.6 Å². The number of amides is 1. The SMILES string of the molecule is CCC(=O)[C@@H]1CCCN1C(=O)[C@H](CCCCN)C(N)S. The molecule has 1 aliphatic heterocycles. The lowest BCUT2D eigenvalue weighted by molar-refractivity contribution is -0.141. The number of rotatable bonds is 8. The second kappa shape index (κ2) is 8.64. The van der Waals surface area contributed by atoms with Crippen molar-refractivity contribution in [2.45, 2.75) is 56.9 Å². The Morgan fingerprint density at radius 3 is 2.65 bits per heavy atom. The first-order valence-electron chi connectivity index (χ1n) is 7.49. The minimum atomic E-state index is -0.488. The fourth-order valence-corrected chi connectivity index (χ4v) is 3.04. The van der Waals surface area contributed by atoms with E-state index in [0.717, 1.165) is 25.7 Å². The highest BCUT2D eigenvalue weighted by Gasteiger charge is 2.37. The van der Waals surface area contributed by atoms with Crippen molar-refractivity contribution in [1.29, 1.82) is 0 Å². The molecule has 20 heavy (non-hydrogen) atoms. The molecule has 0 aliphatic carbocycles. The molecule has 116 valence electrons. The standard InChI is InChI=1S/C14H27N3O2S/c1-2-12(18)11-7-5-9-17(11)14(19)10(13(16)20)6-3-4-8-15/h10-11,13,20H,2-9,15-16H2,1H3/t10-,11+,13?/m1/s1. The van der Waals surface area contributed by atoms with Gasteiger partial charge >= 0.3 is 0 Å². The van der Waals surface area contributed by atoms with Gasteiger partial charge in [-0.3, -0.25) is 9.59 Å². The van der Waals surface area contributed by atoms with E-state index in [-0.39, 0.29) is 23.7 Å². The van der Waals surface area contributed by atoms with E-state index in [2.05, 4.69) is 12.6 Å². The first-order valence-corrected chi connectivity index (χ1v) is 8.01. The van der Waals surface area contributed by atoms with Gasteiger partial charge in [-0.25, -0.2) is 0 Å². The van der Waals surface area contributed by atoms with Crippen LogP contribution in [0.15, 0.2) is 0 Å². The zero-order valence-corrected chi connectivity index (χ0v) is 13.1. The van der Waals surface area contributed by atoms with Crippen LogP contribution in [0.3, 0.4) is 0 Å². The van der Waals surface area contributed by atoms with Crippen molar-refractivity contribution in [3.05, 3.63) is 0 Å². The number of likely N-dealkylation sites (tertiary alicyclic amines) is 1. The van der Waals surface area contributed by atoms with Gasteiger partial charge < -0.3 is 16.4 Å². The molecule has 0 aromatic heterocycles. The Kier molecular flexibility index (Phi) is 7.55. The zero-order valence-electron chi connectivity index (χ0n) is 12.3. The van der Waals surface area contributed by atoms with E-state index in [0.29, 0.717) is 25.9 Å². The van der Waals surface area contributed by atoms with Crippen molar-refractivity contribution < 1.29 is 9.59 Å². The van der Waals surface area contributed by atoms with Gasteiger partial charge in [-0.2, -0.15) is 12.6 Å². The number of carbonyl (C=O) groups is 2. The number of thiol groups is 1.